The fourth-order valence-corrected chi connectivity index (χ4v) is 5.26. The number of methoxy groups -OCH3 is 1. The number of nitrogens with one attached hydrogen (secondary N) is 4. The van der Waals surface area contributed by atoms with E-state index in [1.807, 2.05) is 0 Å². The van der Waals surface area contributed by atoms with Crippen LogP contribution in [0.2, 0.25) is 5.02 Å². The Morgan fingerprint density at radius 1 is 1.21 bits per heavy atom. The molecule has 2 amide bonds. The van der Waals surface area contributed by atoms with E-state index < -0.39 is 41.2 Å². The van der Waals surface area contributed by atoms with Crippen molar-refractivity contribution in [1.29, 1.82) is 0 Å². The quantitative estimate of drug-likeness (QED) is 0.381. The van der Waals surface area contributed by atoms with Crippen molar-refractivity contribution >= 4 is 23.4 Å². The normalized spacial score (nSPS) is 33.4. The number of aliphatic hydroxyl groups excluding tert-OH is 1. The van der Waals surface area contributed by atoms with Gasteiger partial charge in [-0.05, 0) is 44.2 Å². The lowest BCUT2D eigenvalue weighted by Crippen LogP contribution is -2.72. The smallest absolute Gasteiger partial charge is 0.258 e. The minimum atomic E-state index is -0.812. The van der Waals surface area contributed by atoms with Crippen molar-refractivity contribution in [3.8, 4) is 5.75 Å². The predicted molar refractivity (Wildman–Crippen MR) is 118 cm³/mol. The number of carbonyl (C=O) groups is 2. The molecule has 2 bridgehead atoms. The largest absolute Gasteiger partial charge is 0.484 e. The average Bonchev–Trinajstić information content (AvgIpc) is 2.81. The fraction of sp³-hybridized carbons (Fsp3) is 0.636. The Hall–Kier alpha value is -1.98. The molecule has 182 valence electrons. The van der Waals surface area contributed by atoms with Crippen LogP contribution in [-0.4, -0.2) is 73.2 Å². The summed E-state index contributed by atoms with van der Waals surface area (Å²) in [7, 11) is 1.55. The third-order valence-electron chi connectivity index (χ3n) is 7.03. The molecule has 1 aliphatic heterocycles. The zero-order valence-electron chi connectivity index (χ0n) is 18.5. The number of hydrogen-bond donors (Lipinski definition) is 5. The molecule has 3 aliphatic carbocycles. The topological polar surface area (TPSA) is 121 Å². The van der Waals surface area contributed by atoms with Crippen molar-refractivity contribution in [1.82, 2.24) is 21.3 Å². The fourth-order valence-electron chi connectivity index (χ4n) is 5.15. The molecule has 3 saturated carbocycles. The molecule has 1 heterocycles. The number of amides is 2. The van der Waals surface area contributed by atoms with Crippen LogP contribution in [0.25, 0.3) is 0 Å². The van der Waals surface area contributed by atoms with Crippen molar-refractivity contribution in [3.63, 3.8) is 0 Å². The lowest BCUT2D eigenvalue weighted by molar-refractivity contribution is -0.139. The van der Waals surface area contributed by atoms with Crippen LogP contribution in [0, 0.1) is 5.82 Å². The number of aliphatic hydroxyl groups is 1. The molecule has 33 heavy (non-hydrogen) atoms. The maximum absolute atomic E-state index is 13.5. The molecule has 0 radical (unpaired) electrons. The van der Waals surface area contributed by atoms with Gasteiger partial charge >= 0.3 is 0 Å². The summed E-state index contributed by atoms with van der Waals surface area (Å²) in [5, 5.41) is 23.3. The highest BCUT2D eigenvalue weighted by atomic mass is 35.5. The van der Waals surface area contributed by atoms with E-state index in [1.54, 1.807) is 7.11 Å². The molecular weight excluding hydrogens is 455 g/mol. The molecule has 5 rings (SSSR count). The van der Waals surface area contributed by atoms with Gasteiger partial charge in [-0.15, -0.1) is 0 Å². The minimum Gasteiger partial charge on any atom is -0.484 e. The van der Waals surface area contributed by atoms with Gasteiger partial charge in [0.1, 0.15) is 23.8 Å². The number of rotatable bonds is 7. The Labute approximate surface area is 196 Å². The van der Waals surface area contributed by atoms with Crippen LogP contribution in [0.15, 0.2) is 18.2 Å². The lowest BCUT2D eigenvalue weighted by Gasteiger charge is -2.56. The summed E-state index contributed by atoms with van der Waals surface area (Å²) in [6.07, 6.45) is 1.45. The zero-order valence-corrected chi connectivity index (χ0v) is 19.2. The first-order valence-electron chi connectivity index (χ1n) is 11.1. The maximum Gasteiger partial charge on any atom is 0.258 e. The lowest BCUT2D eigenvalue weighted by atomic mass is 9.59. The number of hydrogen-bond acceptors (Lipinski definition) is 7. The second kappa shape index (κ2) is 9.71. The second-order valence-corrected chi connectivity index (χ2v) is 9.51. The summed E-state index contributed by atoms with van der Waals surface area (Å²) in [4.78, 5) is 25.5. The van der Waals surface area contributed by atoms with Crippen molar-refractivity contribution in [2.24, 2.45) is 0 Å². The molecule has 11 heteroatoms. The second-order valence-electron chi connectivity index (χ2n) is 9.10. The van der Waals surface area contributed by atoms with E-state index >= 15 is 0 Å². The van der Waals surface area contributed by atoms with Gasteiger partial charge in [-0.25, -0.2) is 4.39 Å². The van der Waals surface area contributed by atoms with Gasteiger partial charge in [0, 0.05) is 31.8 Å². The molecule has 4 fully saturated rings. The average molecular weight is 485 g/mol. The van der Waals surface area contributed by atoms with Crippen molar-refractivity contribution in [2.45, 2.75) is 61.6 Å². The summed E-state index contributed by atoms with van der Waals surface area (Å²) < 4.78 is 24.3. The summed E-state index contributed by atoms with van der Waals surface area (Å²) >= 11 is 5.65. The monoisotopic (exact) mass is 484 g/mol. The van der Waals surface area contributed by atoms with E-state index in [0.717, 1.165) is 6.07 Å². The number of benzene rings is 1. The van der Waals surface area contributed by atoms with Gasteiger partial charge in [-0.2, -0.15) is 0 Å². The SMILES string of the molecule is COC1NCCNC1C(=O)NC12CCC(NC(=O)COc3ccc(Cl)c(F)c3)(CC1)C(O)C2. The van der Waals surface area contributed by atoms with Gasteiger partial charge in [0.2, 0.25) is 5.91 Å². The molecule has 1 aromatic rings. The first-order valence-corrected chi connectivity index (χ1v) is 11.5. The highest BCUT2D eigenvalue weighted by Crippen LogP contribution is 2.47. The molecule has 4 aliphatic rings. The van der Waals surface area contributed by atoms with Crippen molar-refractivity contribution in [3.05, 3.63) is 29.0 Å². The van der Waals surface area contributed by atoms with E-state index in [1.165, 1.54) is 12.1 Å². The van der Waals surface area contributed by atoms with Crippen LogP contribution in [0.5, 0.6) is 5.75 Å². The number of fused-ring (bicyclic) bond motifs is 3. The Morgan fingerprint density at radius 3 is 2.61 bits per heavy atom. The molecule has 3 unspecified atom stereocenters. The zero-order chi connectivity index (χ0) is 23.6. The standard InChI is InChI=1S/C22H30ClFN4O5/c1-32-20-18(25-8-9-26-20)19(31)28-21-4-6-22(7-5-21,16(29)11-21)27-17(30)12-33-13-2-3-14(23)15(24)10-13/h2-3,10,16,18,20,25-26,29H,4-9,11-12H2,1H3,(H,27,30)(H,28,31). The van der Waals surface area contributed by atoms with Gasteiger partial charge in [-0.1, -0.05) is 11.6 Å². The molecule has 3 atom stereocenters. The summed E-state index contributed by atoms with van der Waals surface area (Å²) in [5.41, 5.74) is -1.28. The highest BCUT2D eigenvalue weighted by molar-refractivity contribution is 6.30. The minimum absolute atomic E-state index is 0.0259. The molecule has 1 saturated heterocycles. The molecular formula is C22H30ClFN4O5. The Morgan fingerprint density at radius 2 is 1.94 bits per heavy atom. The molecule has 9 nitrogen and oxygen atoms in total. The number of halogens is 2. The van der Waals surface area contributed by atoms with Crippen LogP contribution in [0.3, 0.4) is 0 Å². The Bertz CT molecular complexity index is 896. The summed E-state index contributed by atoms with van der Waals surface area (Å²) in [5.74, 6) is -0.997. The summed E-state index contributed by atoms with van der Waals surface area (Å²) in [6, 6.07) is 3.44. The number of piperazine rings is 1. The van der Waals surface area contributed by atoms with E-state index in [4.69, 9.17) is 21.1 Å². The van der Waals surface area contributed by atoms with Crippen LogP contribution in [0.4, 0.5) is 4.39 Å². The molecule has 0 spiro atoms. The van der Waals surface area contributed by atoms with Crippen molar-refractivity contribution in [2.75, 3.05) is 26.8 Å². The van der Waals surface area contributed by atoms with E-state index in [2.05, 4.69) is 21.3 Å². The van der Waals surface area contributed by atoms with Gasteiger partial charge in [-0.3, -0.25) is 14.9 Å². The molecule has 1 aromatic carbocycles. The first-order chi connectivity index (χ1) is 15.8. The van der Waals surface area contributed by atoms with Crippen molar-refractivity contribution < 1.29 is 28.6 Å². The Balaban J connectivity index is 1.32. The first kappa shape index (κ1) is 24.2. The number of carbonyl (C=O) groups excluding carboxylic acids is 2. The third kappa shape index (κ3) is 5.09. The van der Waals surface area contributed by atoms with E-state index in [9.17, 15) is 19.1 Å². The van der Waals surface area contributed by atoms with Gasteiger partial charge in [0.25, 0.3) is 5.91 Å². The van der Waals surface area contributed by atoms with Crippen LogP contribution in [0.1, 0.15) is 32.1 Å². The van der Waals surface area contributed by atoms with Gasteiger partial charge in [0.05, 0.1) is 16.7 Å². The predicted octanol–water partition coefficient (Wildman–Crippen LogP) is 0.440. The van der Waals surface area contributed by atoms with Crippen LogP contribution >= 0.6 is 11.6 Å². The molecule has 5 N–H and O–H groups in total. The van der Waals surface area contributed by atoms with E-state index in [-0.39, 0.29) is 23.3 Å². The number of ether oxygens (including phenoxy) is 2. The maximum atomic E-state index is 13.5. The van der Waals surface area contributed by atoms with Gasteiger partial charge in [0.15, 0.2) is 6.61 Å². The highest BCUT2D eigenvalue weighted by Gasteiger charge is 2.55. The Kier molecular flexibility index (Phi) is 7.11. The van der Waals surface area contributed by atoms with Gasteiger partial charge < -0.3 is 30.5 Å². The van der Waals surface area contributed by atoms with E-state index in [0.29, 0.717) is 45.2 Å². The third-order valence-corrected chi connectivity index (χ3v) is 7.34. The van der Waals surface area contributed by atoms with Crippen LogP contribution < -0.4 is 26.0 Å². The molecule has 0 aromatic heterocycles. The van der Waals surface area contributed by atoms with Crippen LogP contribution in [-0.2, 0) is 14.3 Å². The summed E-state index contributed by atoms with van der Waals surface area (Å²) in [6.45, 7) is 1.06.